The maximum atomic E-state index is 11.0. The third kappa shape index (κ3) is 2.90. The van der Waals surface area contributed by atoms with Gasteiger partial charge in [0.05, 0.1) is 0 Å². The Balaban J connectivity index is 1.95. The van der Waals surface area contributed by atoms with Gasteiger partial charge in [-0.05, 0) is 42.8 Å². The van der Waals surface area contributed by atoms with Crippen LogP contribution in [0.15, 0.2) is 30.5 Å². The number of aryl methyl sites for hydroxylation is 2. The molecule has 3 N–H and O–H groups in total. The SMILES string of the molecule is Cc1ccc2ccn(CCCCC(=O)NN)c2c1. The minimum atomic E-state index is -0.0943. The maximum Gasteiger partial charge on any atom is 0.233 e. The topological polar surface area (TPSA) is 60.0 Å². The van der Waals surface area contributed by atoms with Crippen LogP contribution in [-0.2, 0) is 11.3 Å². The molecule has 2 aromatic rings. The number of nitrogens with two attached hydrogens (primary N) is 1. The summed E-state index contributed by atoms with van der Waals surface area (Å²) in [5.41, 5.74) is 4.68. The molecule has 0 fully saturated rings. The molecule has 1 aromatic carbocycles. The molecule has 1 amide bonds. The Morgan fingerprint density at radius 2 is 2.17 bits per heavy atom. The van der Waals surface area contributed by atoms with Gasteiger partial charge in [-0.15, -0.1) is 0 Å². The summed E-state index contributed by atoms with van der Waals surface area (Å²) in [6.45, 7) is 3.03. The van der Waals surface area contributed by atoms with Gasteiger partial charge in [0.2, 0.25) is 5.91 Å². The minimum Gasteiger partial charge on any atom is -0.347 e. The molecule has 0 unspecified atom stereocenters. The van der Waals surface area contributed by atoms with Crippen molar-refractivity contribution in [1.29, 1.82) is 0 Å². The largest absolute Gasteiger partial charge is 0.347 e. The molecular weight excluding hydrogens is 226 g/mol. The number of amides is 1. The number of aromatic nitrogens is 1. The number of carbonyl (C=O) groups excluding carboxylic acids is 1. The van der Waals surface area contributed by atoms with E-state index in [1.807, 2.05) is 0 Å². The quantitative estimate of drug-likeness (QED) is 0.367. The van der Waals surface area contributed by atoms with Gasteiger partial charge in [0.25, 0.3) is 0 Å². The number of unbranched alkanes of at least 4 members (excludes halogenated alkanes) is 1. The molecule has 1 heterocycles. The highest BCUT2D eigenvalue weighted by molar-refractivity contribution is 5.80. The van der Waals surface area contributed by atoms with Crippen molar-refractivity contribution in [2.45, 2.75) is 32.7 Å². The summed E-state index contributed by atoms with van der Waals surface area (Å²) in [6.07, 6.45) is 4.43. The molecule has 0 bridgehead atoms. The summed E-state index contributed by atoms with van der Waals surface area (Å²) in [6, 6.07) is 8.59. The molecule has 4 nitrogen and oxygen atoms in total. The van der Waals surface area contributed by atoms with Crippen molar-refractivity contribution >= 4 is 16.8 Å². The Hall–Kier alpha value is -1.81. The zero-order valence-electron chi connectivity index (χ0n) is 10.6. The first kappa shape index (κ1) is 12.6. The van der Waals surface area contributed by atoms with Crippen LogP contribution in [0.3, 0.4) is 0 Å². The van der Waals surface area contributed by atoms with Gasteiger partial charge in [-0.3, -0.25) is 10.2 Å². The molecule has 0 aliphatic heterocycles. The van der Waals surface area contributed by atoms with Gasteiger partial charge in [0, 0.05) is 24.7 Å². The predicted octanol–water partition coefficient (Wildman–Crippen LogP) is 2.11. The van der Waals surface area contributed by atoms with Crippen LogP contribution in [0, 0.1) is 6.92 Å². The lowest BCUT2D eigenvalue weighted by Gasteiger charge is -2.06. The Bertz CT molecular complexity index is 545. The van der Waals surface area contributed by atoms with E-state index >= 15 is 0 Å². The Kier molecular flexibility index (Phi) is 3.99. The van der Waals surface area contributed by atoms with Gasteiger partial charge in [0.15, 0.2) is 0 Å². The molecule has 2 rings (SSSR count). The van der Waals surface area contributed by atoms with Crippen LogP contribution in [0.1, 0.15) is 24.8 Å². The smallest absolute Gasteiger partial charge is 0.233 e. The highest BCUT2D eigenvalue weighted by atomic mass is 16.2. The van der Waals surface area contributed by atoms with E-state index < -0.39 is 0 Å². The number of fused-ring (bicyclic) bond motifs is 1. The van der Waals surface area contributed by atoms with Gasteiger partial charge < -0.3 is 4.57 Å². The summed E-state index contributed by atoms with van der Waals surface area (Å²) in [5, 5.41) is 1.26. The van der Waals surface area contributed by atoms with E-state index in [0.29, 0.717) is 6.42 Å². The molecule has 0 atom stereocenters. The first-order valence-corrected chi connectivity index (χ1v) is 6.25. The van der Waals surface area contributed by atoms with Crippen molar-refractivity contribution in [3.8, 4) is 0 Å². The van der Waals surface area contributed by atoms with Crippen LogP contribution in [0.25, 0.3) is 10.9 Å². The predicted molar refractivity (Wildman–Crippen MR) is 72.9 cm³/mol. The minimum absolute atomic E-state index is 0.0943. The number of rotatable bonds is 5. The van der Waals surface area contributed by atoms with Crippen molar-refractivity contribution in [3.05, 3.63) is 36.0 Å². The van der Waals surface area contributed by atoms with Gasteiger partial charge in [-0.1, -0.05) is 12.1 Å². The third-order valence-corrected chi connectivity index (χ3v) is 3.14. The van der Waals surface area contributed by atoms with E-state index in [1.165, 1.54) is 16.5 Å². The molecule has 4 heteroatoms. The van der Waals surface area contributed by atoms with Crippen LogP contribution >= 0.6 is 0 Å². The highest BCUT2D eigenvalue weighted by Crippen LogP contribution is 2.18. The molecule has 0 aliphatic rings. The van der Waals surface area contributed by atoms with Crippen molar-refractivity contribution < 1.29 is 4.79 Å². The Labute approximate surface area is 107 Å². The fraction of sp³-hybridized carbons (Fsp3) is 0.357. The number of hydrogen-bond acceptors (Lipinski definition) is 2. The Morgan fingerprint density at radius 1 is 1.33 bits per heavy atom. The second-order valence-corrected chi connectivity index (χ2v) is 4.60. The molecular formula is C14H19N3O. The van der Waals surface area contributed by atoms with Crippen LogP contribution in [0.5, 0.6) is 0 Å². The molecule has 18 heavy (non-hydrogen) atoms. The third-order valence-electron chi connectivity index (χ3n) is 3.14. The van der Waals surface area contributed by atoms with Gasteiger partial charge in [-0.25, -0.2) is 5.84 Å². The van der Waals surface area contributed by atoms with Gasteiger partial charge >= 0.3 is 0 Å². The summed E-state index contributed by atoms with van der Waals surface area (Å²) < 4.78 is 2.24. The Morgan fingerprint density at radius 3 is 2.94 bits per heavy atom. The number of nitrogens with one attached hydrogen (secondary N) is 1. The maximum absolute atomic E-state index is 11.0. The van der Waals surface area contributed by atoms with Gasteiger partial charge in [-0.2, -0.15) is 0 Å². The van der Waals surface area contributed by atoms with Crippen LogP contribution in [0.4, 0.5) is 0 Å². The molecule has 0 saturated heterocycles. The zero-order valence-corrected chi connectivity index (χ0v) is 10.6. The molecule has 96 valence electrons. The molecule has 1 aromatic heterocycles. The van der Waals surface area contributed by atoms with Crippen molar-refractivity contribution in [2.24, 2.45) is 5.84 Å². The lowest BCUT2D eigenvalue weighted by atomic mass is 10.2. The monoisotopic (exact) mass is 245 g/mol. The second kappa shape index (κ2) is 5.69. The molecule has 0 saturated carbocycles. The number of carbonyl (C=O) groups is 1. The summed E-state index contributed by atoms with van der Waals surface area (Å²) >= 11 is 0. The summed E-state index contributed by atoms with van der Waals surface area (Å²) in [5.74, 6) is 4.94. The van der Waals surface area contributed by atoms with Crippen molar-refractivity contribution in [1.82, 2.24) is 9.99 Å². The number of hydrazine groups is 1. The van der Waals surface area contributed by atoms with E-state index in [-0.39, 0.29) is 5.91 Å². The fourth-order valence-electron chi connectivity index (χ4n) is 2.13. The van der Waals surface area contributed by atoms with Crippen LogP contribution < -0.4 is 11.3 Å². The fourth-order valence-corrected chi connectivity index (χ4v) is 2.13. The average molecular weight is 245 g/mol. The average Bonchev–Trinajstić information content (AvgIpc) is 2.77. The van der Waals surface area contributed by atoms with E-state index in [4.69, 9.17) is 5.84 Å². The number of benzene rings is 1. The molecule has 0 spiro atoms. The number of nitrogens with zero attached hydrogens (tertiary/aromatic N) is 1. The van der Waals surface area contributed by atoms with Crippen LogP contribution in [0.2, 0.25) is 0 Å². The van der Waals surface area contributed by atoms with E-state index in [1.54, 1.807) is 0 Å². The summed E-state index contributed by atoms with van der Waals surface area (Å²) in [7, 11) is 0. The zero-order chi connectivity index (χ0) is 13.0. The summed E-state index contributed by atoms with van der Waals surface area (Å²) in [4.78, 5) is 11.0. The van der Waals surface area contributed by atoms with Crippen molar-refractivity contribution in [3.63, 3.8) is 0 Å². The normalized spacial score (nSPS) is 10.8. The first-order valence-electron chi connectivity index (χ1n) is 6.25. The highest BCUT2D eigenvalue weighted by Gasteiger charge is 2.02. The van der Waals surface area contributed by atoms with E-state index in [2.05, 4.69) is 47.4 Å². The first-order chi connectivity index (χ1) is 8.70. The second-order valence-electron chi connectivity index (χ2n) is 4.60. The lowest BCUT2D eigenvalue weighted by Crippen LogP contribution is -2.29. The van der Waals surface area contributed by atoms with E-state index in [9.17, 15) is 4.79 Å². The van der Waals surface area contributed by atoms with Gasteiger partial charge in [0.1, 0.15) is 0 Å². The van der Waals surface area contributed by atoms with E-state index in [0.717, 1.165) is 19.4 Å². The van der Waals surface area contributed by atoms with Crippen LogP contribution in [-0.4, -0.2) is 10.5 Å². The van der Waals surface area contributed by atoms with Crippen molar-refractivity contribution in [2.75, 3.05) is 0 Å². The molecule has 0 aliphatic carbocycles. The lowest BCUT2D eigenvalue weighted by molar-refractivity contribution is -0.121. The number of hydrogen-bond donors (Lipinski definition) is 2. The standard InChI is InChI=1S/C14H19N3O/c1-11-5-6-12-7-9-17(13(12)10-11)8-3-2-4-14(18)16-15/h5-7,9-10H,2-4,8,15H2,1H3,(H,16,18). The molecule has 0 radical (unpaired) electrons.